The largest absolute Gasteiger partial charge is 0.330 e. The van der Waals surface area contributed by atoms with E-state index in [-0.39, 0.29) is 5.91 Å². The number of carbonyl (C=O) groups is 1. The number of anilines is 3. The Morgan fingerprint density at radius 3 is 2.70 bits per heavy atom. The van der Waals surface area contributed by atoms with Crippen LogP contribution < -0.4 is 10.2 Å². The van der Waals surface area contributed by atoms with Gasteiger partial charge in [0.05, 0.1) is 11.4 Å². The molecule has 0 saturated carbocycles. The number of fused-ring (bicyclic) bond motifs is 1. The van der Waals surface area contributed by atoms with Gasteiger partial charge in [-0.15, -0.1) is 0 Å². The van der Waals surface area contributed by atoms with E-state index < -0.39 is 0 Å². The van der Waals surface area contributed by atoms with Gasteiger partial charge in [0.1, 0.15) is 6.54 Å². The topological polar surface area (TPSA) is 32.3 Å². The first-order valence-corrected chi connectivity index (χ1v) is 7.28. The second-order valence-electron chi connectivity index (χ2n) is 5.09. The Labute approximate surface area is 126 Å². The molecule has 1 aliphatic heterocycles. The number of aryl methyl sites for hydroxylation is 2. The molecule has 2 aromatic rings. The summed E-state index contributed by atoms with van der Waals surface area (Å²) < 4.78 is 1.00. The van der Waals surface area contributed by atoms with E-state index in [0.717, 1.165) is 27.1 Å². The van der Waals surface area contributed by atoms with E-state index in [4.69, 9.17) is 0 Å². The molecule has 3 rings (SSSR count). The molecule has 1 aliphatic rings. The van der Waals surface area contributed by atoms with Gasteiger partial charge in [0.25, 0.3) is 0 Å². The second-order valence-corrected chi connectivity index (χ2v) is 6.00. The molecular formula is C16H15BrN2O. The molecule has 0 saturated heterocycles. The molecule has 20 heavy (non-hydrogen) atoms. The molecule has 1 amide bonds. The minimum absolute atomic E-state index is 0.0146. The minimum Gasteiger partial charge on any atom is -0.330 e. The first-order valence-electron chi connectivity index (χ1n) is 6.49. The van der Waals surface area contributed by atoms with E-state index in [9.17, 15) is 4.79 Å². The zero-order valence-electron chi connectivity index (χ0n) is 11.4. The highest BCUT2D eigenvalue weighted by Gasteiger charge is 2.24. The van der Waals surface area contributed by atoms with Crippen molar-refractivity contribution < 1.29 is 4.79 Å². The fraction of sp³-hybridized carbons (Fsp3) is 0.188. The fourth-order valence-corrected chi connectivity index (χ4v) is 2.83. The normalized spacial score (nSPS) is 13.9. The fourth-order valence-electron chi connectivity index (χ4n) is 2.48. The van der Waals surface area contributed by atoms with E-state index in [1.54, 1.807) is 0 Å². The van der Waals surface area contributed by atoms with Crippen LogP contribution in [0.25, 0.3) is 0 Å². The predicted octanol–water partition coefficient (Wildman–Crippen LogP) is 4.16. The Hall–Kier alpha value is -1.81. The van der Waals surface area contributed by atoms with Gasteiger partial charge in [-0.2, -0.15) is 0 Å². The lowest BCUT2D eigenvalue weighted by Gasteiger charge is -2.32. The quantitative estimate of drug-likeness (QED) is 0.851. The molecule has 0 spiro atoms. The second kappa shape index (κ2) is 4.94. The number of nitrogens with zero attached hydrogens (tertiary/aromatic N) is 1. The highest BCUT2D eigenvalue weighted by Crippen LogP contribution is 2.38. The van der Waals surface area contributed by atoms with E-state index in [0.29, 0.717) is 6.54 Å². The van der Waals surface area contributed by atoms with Crippen LogP contribution in [0.5, 0.6) is 0 Å². The van der Waals surface area contributed by atoms with Gasteiger partial charge in [-0.05, 0) is 49.2 Å². The maximum atomic E-state index is 11.9. The monoisotopic (exact) mass is 330 g/mol. The third-order valence-electron chi connectivity index (χ3n) is 3.48. The van der Waals surface area contributed by atoms with Crippen molar-refractivity contribution in [2.24, 2.45) is 0 Å². The molecule has 1 N–H and O–H groups in total. The van der Waals surface area contributed by atoms with Crippen LogP contribution in [0, 0.1) is 13.8 Å². The number of rotatable bonds is 1. The van der Waals surface area contributed by atoms with Crippen molar-refractivity contribution in [2.75, 3.05) is 16.8 Å². The van der Waals surface area contributed by atoms with E-state index >= 15 is 0 Å². The number of hydrogen-bond acceptors (Lipinski definition) is 2. The Kier molecular flexibility index (Phi) is 3.26. The van der Waals surface area contributed by atoms with Gasteiger partial charge in [-0.25, -0.2) is 0 Å². The summed E-state index contributed by atoms with van der Waals surface area (Å²) in [5, 5.41) is 2.92. The third kappa shape index (κ3) is 2.31. The summed E-state index contributed by atoms with van der Waals surface area (Å²) in [6.07, 6.45) is 0. The summed E-state index contributed by atoms with van der Waals surface area (Å²) in [6.45, 7) is 4.47. The van der Waals surface area contributed by atoms with Gasteiger partial charge in [0.2, 0.25) is 5.91 Å². The highest BCUT2D eigenvalue weighted by molar-refractivity contribution is 9.10. The smallest absolute Gasteiger partial charge is 0.244 e. The first-order chi connectivity index (χ1) is 9.54. The van der Waals surface area contributed by atoms with Gasteiger partial charge in [0, 0.05) is 10.2 Å². The van der Waals surface area contributed by atoms with Crippen LogP contribution in [0.3, 0.4) is 0 Å². The van der Waals surface area contributed by atoms with Gasteiger partial charge in [0.15, 0.2) is 0 Å². The highest BCUT2D eigenvalue weighted by atomic mass is 79.9. The van der Waals surface area contributed by atoms with Crippen LogP contribution in [0.1, 0.15) is 11.1 Å². The van der Waals surface area contributed by atoms with Crippen LogP contribution in [0.4, 0.5) is 17.1 Å². The zero-order valence-corrected chi connectivity index (χ0v) is 13.0. The summed E-state index contributed by atoms with van der Waals surface area (Å²) in [4.78, 5) is 14.0. The average Bonchev–Trinajstić information content (AvgIpc) is 2.41. The van der Waals surface area contributed by atoms with Gasteiger partial charge < -0.3 is 10.2 Å². The molecule has 0 radical (unpaired) electrons. The molecule has 0 aliphatic carbocycles. The lowest BCUT2D eigenvalue weighted by molar-refractivity contribution is -0.115. The van der Waals surface area contributed by atoms with E-state index in [2.05, 4.69) is 58.2 Å². The van der Waals surface area contributed by atoms with Crippen molar-refractivity contribution in [2.45, 2.75) is 13.8 Å². The Morgan fingerprint density at radius 1 is 1.10 bits per heavy atom. The van der Waals surface area contributed by atoms with Crippen molar-refractivity contribution in [1.82, 2.24) is 0 Å². The number of nitrogens with one attached hydrogen (secondary N) is 1. The zero-order chi connectivity index (χ0) is 14.3. The molecular weight excluding hydrogens is 316 g/mol. The molecule has 4 heteroatoms. The van der Waals surface area contributed by atoms with Crippen molar-refractivity contribution in [3.63, 3.8) is 0 Å². The van der Waals surface area contributed by atoms with Crippen molar-refractivity contribution >= 4 is 38.9 Å². The number of benzene rings is 2. The van der Waals surface area contributed by atoms with Crippen molar-refractivity contribution in [3.05, 3.63) is 52.0 Å². The Balaban J connectivity index is 2.17. The van der Waals surface area contributed by atoms with Gasteiger partial charge >= 0.3 is 0 Å². The third-order valence-corrected chi connectivity index (χ3v) is 3.98. The Morgan fingerprint density at radius 2 is 1.90 bits per heavy atom. The van der Waals surface area contributed by atoms with Crippen LogP contribution in [-0.4, -0.2) is 12.5 Å². The van der Waals surface area contributed by atoms with Crippen LogP contribution in [-0.2, 0) is 4.79 Å². The number of halogens is 1. The molecule has 2 aromatic carbocycles. The molecule has 102 valence electrons. The van der Waals surface area contributed by atoms with Crippen LogP contribution in [0.2, 0.25) is 0 Å². The SMILES string of the molecule is Cc1ccc(C)c(N2CC(=O)Nc3ccc(Br)cc32)c1. The summed E-state index contributed by atoms with van der Waals surface area (Å²) in [5.74, 6) is 0.0146. The van der Waals surface area contributed by atoms with E-state index in [1.807, 2.05) is 18.2 Å². The predicted molar refractivity (Wildman–Crippen MR) is 85.7 cm³/mol. The average molecular weight is 331 g/mol. The number of carbonyl (C=O) groups excluding carboxylic acids is 1. The molecule has 1 heterocycles. The number of amides is 1. The van der Waals surface area contributed by atoms with E-state index in [1.165, 1.54) is 5.56 Å². The van der Waals surface area contributed by atoms with Gasteiger partial charge in [-0.3, -0.25) is 4.79 Å². The summed E-state index contributed by atoms with van der Waals surface area (Å²) in [7, 11) is 0. The van der Waals surface area contributed by atoms with Gasteiger partial charge in [-0.1, -0.05) is 28.1 Å². The maximum absolute atomic E-state index is 11.9. The molecule has 3 nitrogen and oxygen atoms in total. The van der Waals surface area contributed by atoms with Crippen molar-refractivity contribution in [1.29, 1.82) is 0 Å². The minimum atomic E-state index is 0.0146. The molecule has 0 bridgehead atoms. The standard InChI is InChI=1S/C16H15BrN2O/c1-10-3-4-11(2)14(7-10)19-9-16(20)18-13-6-5-12(17)8-15(13)19/h3-8H,9H2,1-2H3,(H,18,20). The summed E-state index contributed by atoms with van der Waals surface area (Å²) in [6, 6.07) is 12.2. The summed E-state index contributed by atoms with van der Waals surface area (Å²) in [5.41, 5.74) is 5.31. The van der Waals surface area contributed by atoms with Crippen molar-refractivity contribution in [3.8, 4) is 0 Å². The number of hydrogen-bond donors (Lipinski definition) is 1. The summed E-state index contributed by atoms with van der Waals surface area (Å²) >= 11 is 3.50. The molecule has 0 unspecified atom stereocenters. The van der Waals surface area contributed by atoms with Crippen LogP contribution >= 0.6 is 15.9 Å². The molecule has 0 atom stereocenters. The van der Waals surface area contributed by atoms with Crippen LogP contribution in [0.15, 0.2) is 40.9 Å². The lowest BCUT2D eigenvalue weighted by atomic mass is 10.1. The Bertz CT molecular complexity index is 697. The molecule has 0 aromatic heterocycles. The lowest BCUT2D eigenvalue weighted by Crippen LogP contribution is -2.35. The first kappa shape index (κ1) is 13.2. The maximum Gasteiger partial charge on any atom is 0.244 e. The molecule has 0 fully saturated rings.